The minimum Gasteiger partial charge on any atom is -0.341 e. The average molecular weight is 401 g/mol. The highest BCUT2D eigenvalue weighted by atomic mass is 32.2. The number of rotatable bonds is 7. The molecule has 0 spiro atoms. The van der Waals surface area contributed by atoms with Crippen LogP contribution in [0.3, 0.4) is 0 Å². The Bertz CT molecular complexity index is 1080. The Morgan fingerprint density at radius 1 is 1.15 bits per heavy atom. The molecule has 0 radical (unpaired) electrons. The van der Waals surface area contributed by atoms with Crippen LogP contribution in [0.5, 0.6) is 0 Å². The maximum atomic E-state index is 12.7. The van der Waals surface area contributed by atoms with Gasteiger partial charge in [-0.05, 0) is 42.5 Å². The summed E-state index contributed by atoms with van der Waals surface area (Å²) in [6, 6.07) is 14.5. The lowest BCUT2D eigenvalue weighted by molar-refractivity contribution is 0.445. The van der Waals surface area contributed by atoms with Gasteiger partial charge in [-0.25, -0.2) is 13.4 Å². The van der Waals surface area contributed by atoms with E-state index in [1.807, 2.05) is 26.0 Å². The third-order valence-electron chi connectivity index (χ3n) is 4.20. The highest BCUT2D eigenvalue weighted by Gasteiger charge is 2.22. The van der Waals surface area contributed by atoms with E-state index in [9.17, 15) is 8.42 Å². The first-order valence-corrected chi connectivity index (χ1v) is 11.0. The first kappa shape index (κ1) is 19.4. The number of aromatic nitrogens is 2. The standard InChI is InChI=1S/C19H20N4O2S2/c1-3-23(4-2)27(24,25)16-9-10-17-18(11-16)22-19(21-17)13-26-15-7-5-14(12-20)6-8-15/h5-11H,3-4,13H2,1-2H3,(H,21,22). The van der Waals surface area contributed by atoms with Gasteiger partial charge in [0.05, 0.1) is 33.3 Å². The van der Waals surface area contributed by atoms with Crippen molar-refractivity contribution in [2.45, 2.75) is 29.4 Å². The van der Waals surface area contributed by atoms with Crippen molar-refractivity contribution in [3.8, 4) is 6.07 Å². The second kappa shape index (κ2) is 8.13. The van der Waals surface area contributed by atoms with Crippen molar-refractivity contribution in [1.29, 1.82) is 5.26 Å². The summed E-state index contributed by atoms with van der Waals surface area (Å²) >= 11 is 1.60. The van der Waals surface area contributed by atoms with Gasteiger partial charge in [0.25, 0.3) is 0 Å². The van der Waals surface area contributed by atoms with Crippen LogP contribution in [-0.2, 0) is 15.8 Å². The molecule has 3 aromatic rings. The molecule has 0 saturated carbocycles. The number of nitrogens with zero attached hydrogens (tertiary/aromatic N) is 3. The number of aromatic amines is 1. The van der Waals surface area contributed by atoms with E-state index in [1.54, 1.807) is 42.1 Å². The summed E-state index contributed by atoms with van der Waals surface area (Å²) in [4.78, 5) is 9.05. The Kier molecular flexibility index (Phi) is 5.85. The highest BCUT2D eigenvalue weighted by Crippen LogP contribution is 2.25. The number of benzene rings is 2. The second-order valence-corrected chi connectivity index (χ2v) is 8.86. The van der Waals surface area contributed by atoms with Crippen molar-refractivity contribution in [3.63, 3.8) is 0 Å². The normalized spacial score (nSPS) is 11.8. The van der Waals surface area contributed by atoms with Crippen molar-refractivity contribution in [2.24, 2.45) is 0 Å². The maximum absolute atomic E-state index is 12.7. The molecule has 0 amide bonds. The number of sulfonamides is 1. The van der Waals surface area contributed by atoms with Gasteiger partial charge in [-0.1, -0.05) is 13.8 Å². The molecule has 1 aromatic heterocycles. The third-order valence-corrected chi connectivity index (χ3v) is 7.27. The van der Waals surface area contributed by atoms with Crippen LogP contribution >= 0.6 is 11.8 Å². The van der Waals surface area contributed by atoms with Gasteiger partial charge < -0.3 is 4.98 Å². The number of fused-ring (bicyclic) bond motifs is 1. The summed E-state index contributed by atoms with van der Waals surface area (Å²) in [7, 11) is -3.49. The van der Waals surface area contributed by atoms with E-state index in [1.165, 1.54) is 4.31 Å². The first-order valence-electron chi connectivity index (χ1n) is 8.59. The van der Waals surface area contributed by atoms with Crippen molar-refractivity contribution in [1.82, 2.24) is 14.3 Å². The Balaban J connectivity index is 1.80. The second-order valence-electron chi connectivity index (χ2n) is 5.88. The molecule has 0 saturated heterocycles. The van der Waals surface area contributed by atoms with Gasteiger partial charge in [0, 0.05) is 18.0 Å². The van der Waals surface area contributed by atoms with Crippen LogP contribution in [0, 0.1) is 11.3 Å². The molecule has 6 nitrogen and oxygen atoms in total. The van der Waals surface area contributed by atoms with Crippen LogP contribution in [0.25, 0.3) is 11.0 Å². The van der Waals surface area contributed by atoms with E-state index in [4.69, 9.17) is 5.26 Å². The molecule has 0 unspecified atom stereocenters. The fourth-order valence-electron chi connectivity index (χ4n) is 2.76. The molecule has 0 aliphatic heterocycles. The van der Waals surface area contributed by atoms with Crippen LogP contribution < -0.4 is 0 Å². The summed E-state index contributed by atoms with van der Waals surface area (Å²) in [5, 5.41) is 8.84. The number of hydrogen-bond donors (Lipinski definition) is 1. The fourth-order valence-corrected chi connectivity index (χ4v) is 5.01. The number of imidazole rings is 1. The molecule has 27 heavy (non-hydrogen) atoms. The van der Waals surface area contributed by atoms with Gasteiger partial charge in [0.2, 0.25) is 10.0 Å². The van der Waals surface area contributed by atoms with Crippen molar-refractivity contribution < 1.29 is 8.42 Å². The molecular weight excluding hydrogens is 380 g/mol. The summed E-state index contributed by atoms with van der Waals surface area (Å²) in [6.07, 6.45) is 0. The molecule has 1 N–H and O–H groups in total. The van der Waals surface area contributed by atoms with E-state index in [-0.39, 0.29) is 4.90 Å². The summed E-state index contributed by atoms with van der Waals surface area (Å²) in [5.74, 6) is 1.40. The summed E-state index contributed by atoms with van der Waals surface area (Å²) in [5.41, 5.74) is 2.08. The molecule has 0 aliphatic rings. The summed E-state index contributed by atoms with van der Waals surface area (Å²) in [6.45, 7) is 4.53. The van der Waals surface area contributed by atoms with E-state index >= 15 is 0 Å². The Hall–Kier alpha value is -2.34. The van der Waals surface area contributed by atoms with E-state index in [0.717, 1.165) is 16.2 Å². The largest absolute Gasteiger partial charge is 0.341 e. The van der Waals surface area contributed by atoms with E-state index in [2.05, 4.69) is 16.0 Å². The topological polar surface area (TPSA) is 89.8 Å². The molecule has 0 aliphatic carbocycles. The highest BCUT2D eigenvalue weighted by molar-refractivity contribution is 7.98. The predicted molar refractivity (Wildman–Crippen MR) is 107 cm³/mol. The fraction of sp³-hybridized carbons (Fsp3) is 0.263. The molecule has 2 aromatic carbocycles. The van der Waals surface area contributed by atoms with Gasteiger partial charge in [0.15, 0.2) is 0 Å². The van der Waals surface area contributed by atoms with Crippen molar-refractivity contribution in [2.75, 3.05) is 13.1 Å². The van der Waals surface area contributed by atoms with Gasteiger partial charge in [-0.3, -0.25) is 0 Å². The maximum Gasteiger partial charge on any atom is 0.243 e. The molecule has 0 atom stereocenters. The lowest BCUT2D eigenvalue weighted by Crippen LogP contribution is -2.30. The van der Waals surface area contributed by atoms with Gasteiger partial charge in [-0.2, -0.15) is 9.57 Å². The Morgan fingerprint density at radius 2 is 1.85 bits per heavy atom. The Morgan fingerprint density at radius 3 is 2.48 bits per heavy atom. The monoisotopic (exact) mass is 400 g/mol. The van der Waals surface area contributed by atoms with E-state index in [0.29, 0.717) is 29.9 Å². The minimum atomic E-state index is -3.49. The molecule has 0 fully saturated rings. The van der Waals surface area contributed by atoms with Crippen LogP contribution in [-0.4, -0.2) is 35.8 Å². The first-order chi connectivity index (χ1) is 13.0. The Labute approximate surface area is 163 Å². The quantitative estimate of drug-likeness (QED) is 0.610. The lowest BCUT2D eigenvalue weighted by atomic mass is 10.2. The predicted octanol–water partition coefficient (Wildman–Crippen LogP) is 3.76. The number of hydrogen-bond acceptors (Lipinski definition) is 5. The molecular formula is C19H20N4O2S2. The van der Waals surface area contributed by atoms with Gasteiger partial charge >= 0.3 is 0 Å². The average Bonchev–Trinajstić information content (AvgIpc) is 3.09. The third kappa shape index (κ3) is 4.16. The smallest absolute Gasteiger partial charge is 0.243 e. The molecule has 0 bridgehead atoms. The minimum absolute atomic E-state index is 0.272. The zero-order valence-corrected chi connectivity index (χ0v) is 16.8. The zero-order valence-electron chi connectivity index (χ0n) is 15.1. The number of thioether (sulfide) groups is 1. The zero-order chi connectivity index (χ0) is 19.4. The lowest BCUT2D eigenvalue weighted by Gasteiger charge is -2.18. The molecule has 8 heteroatoms. The van der Waals surface area contributed by atoms with Crippen LogP contribution in [0.4, 0.5) is 0 Å². The molecule has 140 valence electrons. The van der Waals surface area contributed by atoms with Gasteiger partial charge in [-0.15, -0.1) is 11.8 Å². The number of nitriles is 1. The van der Waals surface area contributed by atoms with E-state index < -0.39 is 10.0 Å². The van der Waals surface area contributed by atoms with Crippen LogP contribution in [0.2, 0.25) is 0 Å². The molecule has 3 rings (SSSR count). The molecule has 1 heterocycles. The van der Waals surface area contributed by atoms with Crippen molar-refractivity contribution >= 4 is 32.8 Å². The number of nitrogens with one attached hydrogen (secondary N) is 1. The van der Waals surface area contributed by atoms with Crippen LogP contribution in [0.15, 0.2) is 52.3 Å². The SMILES string of the molecule is CCN(CC)S(=O)(=O)c1ccc2nc(CSc3ccc(C#N)cc3)[nH]c2c1. The summed E-state index contributed by atoms with van der Waals surface area (Å²) < 4.78 is 26.8. The van der Waals surface area contributed by atoms with Gasteiger partial charge in [0.1, 0.15) is 5.82 Å². The van der Waals surface area contributed by atoms with Crippen LogP contribution in [0.1, 0.15) is 25.2 Å². The number of H-pyrrole nitrogens is 1. The van der Waals surface area contributed by atoms with Crippen molar-refractivity contribution in [3.05, 3.63) is 53.9 Å².